The van der Waals surface area contributed by atoms with Crippen molar-refractivity contribution in [2.45, 2.75) is 44.7 Å². The van der Waals surface area contributed by atoms with Crippen LogP contribution < -0.4 is 10.6 Å². The predicted molar refractivity (Wildman–Crippen MR) is 81.0 cm³/mol. The van der Waals surface area contributed by atoms with Gasteiger partial charge in [-0.2, -0.15) is 0 Å². The molecular weight excluding hydrogens is 304 g/mol. The average molecular weight is 325 g/mol. The first kappa shape index (κ1) is 14.5. The maximum absolute atomic E-state index is 12.2. The van der Waals surface area contributed by atoms with E-state index in [2.05, 4.69) is 45.6 Å². The van der Waals surface area contributed by atoms with E-state index in [4.69, 9.17) is 0 Å². The highest BCUT2D eigenvalue weighted by atomic mass is 79.9. The summed E-state index contributed by atoms with van der Waals surface area (Å²) in [5.41, 5.74) is 1.16. The number of carbonyl (C=O) groups excluding carboxylic acids is 1. The Labute approximate surface area is 123 Å². The van der Waals surface area contributed by atoms with Crippen LogP contribution in [0.1, 0.15) is 44.2 Å². The Morgan fingerprint density at radius 2 is 2.16 bits per heavy atom. The molecule has 3 nitrogen and oxygen atoms in total. The normalized spacial score (nSPS) is 20.8. The van der Waals surface area contributed by atoms with E-state index in [0.29, 0.717) is 0 Å². The zero-order valence-electron chi connectivity index (χ0n) is 11.3. The fourth-order valence-electron chi connectivity index (χ4n) is 2.46. The van der Waals surface area contributed by atoms with Crippen molar-refractivity contribution in [1.29, 1.82) is 0 Å². The Morgan fingerprint density at radius 1 is 1.42 bits per heavy atom. The van der Waals surface area contributed by atoms with Gasteiger partial charge in [0.05, 0.1) is 12.1 Å². The van der Waals surface area contributed by atoms with E-state index in [9.17, 15) is 4.79 Å². The van der Waals surface area contributed by atoms with Crippen LogP contribution >= 0.6 is 15.9 Å². The van der Waals surface area contributed by atoms with Crippen molar-refractivity contribution in [3.05, 3.63) is 34.3 Å². The molecule has 1 unspecified atom stereocenters. The van der Waals surface area contributed by atoms with Crippen molar-refractivity contribution in [1.82, 2.24) is 10.6 Å². The summed E-state index contributed by atoms with van der Waals surface area (Å²) in [6, 6.07) is 8.24. The highest BCUT2D eigenvalue weighted by molar-refractivity contribution is 9.10. The van der Waals surface area contributed by atoms with Crippen molar-refractivity contribution >= 4 is 21.8 Å². The Morgan fingerprint density at radius 3 is 2.74 bits per heavy atom. The summed E-state index contributed by atoms with van der Waals surface area (Å²) in [4.78, 5) is 12.2. The molecule has 2 atom stereocenters. The van der Waals surface area contributed by atoms with Gasteiger partial charge in [-0.3, -0.25) is 4.79 Å². The Kier molecular flexibility index (Phi) is 5.40. The van der Waals surface area contributed by atoms with E-state index in [1.807, 2.05) is 12.1 Å². The first-order valence-corrected chi connectivity index (χ1v) is 7.79. The molecule has 1 aromatic carbocycles. The summed E-state index contributed by atoms with van der Waals surface area (Å²) in [6.45, 7) is 3.05. The zero-order valence-corrected chi connectivity index (χ0v) is 12.9. The van der Waals surface area contributed by atoms with Crippen molar-refractivity contribution in [2.24, 2.45) is 0 Å². The topological polar surface area (TPSA) is 41.1 Å². The number of carbonyl (C=O) groups is 1. The van der Waals surface area contributed by atoms with Crippen LogP contribution in [0.5, 0.6) is 0 Å². The number of benzene rings is 1. The third-order valence-corrected chi connectivity index (χ3v) is 4.15. The van der Waals surface area contributed by atoms with Gasteiger partial charge in [0.2, 0.25) is 5.91 Å². The smallest absolute Gasteiger partial charge is 0.237 e. The maximum atomic E-state index is 12.2. The zero-order chi connectivity index (χ0) is 13.7. The molecule has 0 aromatic heterocycles. The van der Waals surface area contributed by atoms with Crippen LogP contribution in [0.3, 0.4) is 0 Å². The quantitative estimate of drug-likeness (QED) is 0.893. The second kappa shape index (κ2) is 7.06. The van der Waals surface area contributed by atoms with Gasteiger partial charge in [-0.25, -0.2) is 0 Å². The van der Waals surface area contributed by atoms with E-state index in [1.165, 1.54) is 6.42 Å². The van der Waals surface area contributed by atoms with Gasteiger partial charge in [0.1, 0.15) is 0 Å². The highest BCUT2D eigenvalue weighted by Gasteiger charge is 2.22. The van der Waals surface area contributed by atoms with Crippen LogP contribution in [-0.4, -0.2) is 18.5 Å². The fraction of sp³-hybridized carbons (Fsp3) is 0.533. The Hall–Kier alpha value is -0.870. The van der Waals surface area contributed by atoms with E-state index in [0.717, 1.165) is 35.8 Å². The van der Waals surface area contributed by atoms with Gasteiger partial charge in [-0.1, -0.05) is 41.4 Å². The van der Waals surface area contributed by atoms with Gasteiger partial charge in [0.15, 0.2) is 0 Å². The monoisotopic (exact) mass is 324 g/mol. The van der Waals surface area contributed by atoms with E-state index in [-0.39, 0.29) is 18.0 Å². The SMILES string of the molecule is CCC(NC(=O)[C@H]1CCCCN1)c1ccc(Br)cc1. The molecule has 104 valence electrons. The van der Waals surface area contributed by atoms with E-state index < -0.39 is 0 Å². The number of amides is 1. The average Bonchev–Trinajstić information content (AvgIpc) is 2.46. The number of rotatable bonds is 4. The molecular formula is C15H21BrN2O. The summed E-state index contributed by atoms with van der Waals surface area (Å²) in [5, 5.41) is 6.44. The van der Waals surface area contributed by atoms with Crippen molar-refractivity contribution in [3.8, 4) is 0 Å². The lowest BCUT2D eigenvalue weighted by Gasteiger charge is -2.25. The van der Waals surface area contributed by atoms with Crippen LogP contribution in [0.25, 0.3) is 0 Å². The minimum Gasteiger partial charge on any atom is -0.348 e. The minimum absolute atomic E-state index is 0.0155. The number of hydrogen-bond acceptors (Lipinski definition) is 2. The summed E-state index contributed by atoms with van der Waals surface area (Å²) in [7, 11) is 0. The molecule has 4 heteroatoms. The highest BCUT2D eigenvalue weighted by Crippen LogP contribution is 2.20. The Balaban J connectivity index is 1.98. The summed E-state index contributed by atoms with van der Waals surface area (Å²) in [6.07, 6.45) is 4.16. The van der Waals surface area contributed by atoms with Crippen LogP contribution in [0.15, 0.2) is 28.7 Å². The van der Waals surface area contributed by atoms with Crippen molar-refractivity contribution in [3.63, 3.8) is 0 Å². The molecule has 1 fully saturated rings. The number of halogens is 1. The van der Waals surface area contributed by atoms with Gasteiger partial charge >= 0.3 is 0 Å². The van der Waals surface area contributed by atoms with Gasteiger partial charge < -0.3 is 10.6 Å². The largest absolute Gasteiger partial charge is 0.348 e. The summed E-state index contributed by atoms with van der Waals surface area (Å²) < 4.78 is 1.06. The first-order chi connectivity index (χ1) is 9.20. The lowest BCUT2D eigenvalue weighted by Crippen LogP contribution is -2.47. The number of piperidine rings is 1. The third kappa shape index (κ3) is 4.05. The minimum atomic E-state index is -0.0155. The van der Waals surface area contributed by atoms with Gasteiger partial charge in [-0.15, -0.1) is 0 Å². The molecule has 1 aromatic rings. The van der Waals surface area contributed by atoms with Crippen LogP contribution in [0.4, 0.5) is 0 Å². The number of nitrogens with one attached hydrogen (secondary N) is 2. The van der Waals surface area contributed by atoms with Crippen LogP contribution in [0, 0.1) is 0 Å². The molecule has 19 heavy (non-hydrogen) atoms. The van der Waals surface area contributed by atoms with Gasteiger partial charge in [-0.05, 0) is 43.5 Å². The van der Waals surface area contributed by atoms with E-state index in [1.54, 1.807) is 0 Å². The standard InChI is InChI=1S/C15H21BrN2O/c1-2-13(11-6-8-12(16)9-7-11)18-15(19)14-5-3-4-10-17-14/h6-9,13-14,17H,2-5,10H2,1H3,(H,18,19)/t13?,14-/m1/s1. The molecule has 0 aliphatic carbocycles. The molecule has 0 saturated carbocycles. The first-order valence-electron chi connectivity index (χ1n) is 7.00. The molecule has 1 aliphatic heterocycles. The molecule has 1 aliphatic rings. The second-order valence-corrected chi connectivity index (χ2v) is 5.94. The van der Waals surface area contributed by atoms with Crippen LogP contribution in [-0.2, 0) is 4.79 Å². The maximum Gasteiger partial charge on any atom is 0.237 e. The fourth-order valence-corrected chi connectivity index (χ4v) is 2.73. The lowest BCUT2D eigenvalue weighted by atomic mass is 10.0. The van der Waals surface area contributed by atoms with Gasteiger partial charge in [0, 0.05) is 4.47 Å². The third-order valence-electron chi connectivity index (χ3n) is 3.62. The van der Waals surface area contributed by atoms with Crippen LogP contribution in [0.2, 0.25) is 0 Å². The number of hydrogen-bond donors (Lipinski definition) is 2. The lowest BCUT2D eigenvalue weighted by molar-refractivity contribution is -0.124. The predicted octanol–water partition coefficient (Wildman–Crippen LogP) is 3.16. The van der Waals surface area contributed by atoms with E-state index >= 15 is 0 Å². The molecule has 2 rings (SSSR count). The molecule has 1 amide bonds. The van der Waals surface area contributed by atoms with Gasteiger partial charge in [0.25, 0.3) is 0 Å². The van der Waals surface area contributed by atoms with Crippen molar-refractivity contribution in [2.75, 3.05) is 6.54 Å². The molecule has 1 heterocycles. The molecule has 0 spiro atoms. The summed E-state index contributed by atoms with van der Waals surface area (Å²) >= 11 is 3.43. The second-order valence-electron chi connectivity index (χ2n) is 5.02. The molecule has 0 bridgehead atoms. The Bertz CT molecular complexity index is 413. The molecule has 2 N–H and O–H groups in total. The molecule has 0 radical (unpaired) electrons. The summed E-state index contributed by atoms with van der Waals surface area (Å²) in [5.74, 6) is 0.134. The molecule has 1 saturated heterocycles. The van der Waals surface area contributed by atoms with Crippen molar-refractivity contribution < 1.29 is 4.79 Å².